The average molecular weight is 338 g/mol. The number of carbonyl (C=O) groups excluding carboxylic acids is 2. The van der Waals surface area contributed by atoms with Crippen LogP contribution in [0.5, 0.6) is 0 Å². The molecule has 0 aliphatic carbocycles. The molecule has 0 saturated heterocycles. The lowest BCUT2D eigenvalue weighted by Crippen LogP contribution is -2.24. The van der Waals surface area contributed by atoms with Crippen molar-refractivity contribution >= 4 is 29.9 Å². The number of carboxylic acid groups (broad SMARTS) is 1. The molecule has 1 aromatic carbocycles. The molecular formula is C16H19FN2O5. The molecule has 0 bridgehead atoms. The van der Waals surface area contributed by atoms with Gasteiger partial charge in [-0.25, -0.2) is 14.0 Å². The van der Waals surface area contributed by atoms with Crippen molar-refractivity contribution in [3.63, 3.8) is 0 Å². The predicted octanol–water partition coefficient (Wildman–Crippen LogP) is 3.10. The second-order valence-electron chi connectivity index (χ2n) is 6.03. The molecule has 24 heavy (non-hydrogen) atoms. The summed E-state index contributed by atoms with van der Waals surface area (Å²) in [5.41, 5.74) is -1.13. The van der Waals surface area contributed by atoms with Gasteiger partial charge in [0.25, 0.3) is 0 Å². The third-order valence-electron chi connectivity index (χ3n) is 2.68. The van der Waals surface area contributed by atoms with Gasteiger partial charge in [0.2, 0.25) is 5.91 Å². The molecule has 1 rings (SSSR count). The molecule has 2 N–H and O–H groups in total. The topological polar surface area (TPSA) is 105 Å². The van der Waals surface area contributed by atoms with Crippen LogP contribution in [0.2, 0.25) is 0 Å². The average Bonchev–Trinajstić information content (AvgIpc) is 2.44. The Balaban J connectivity index is 2.78. The molecule has 1 unspecified atom stereocenters. The number of aromatic carboxylic acids is 1. The molecule has 8 heteroatoms. The molecule has 7 nitrogen and oxygen atoms in total. The van der Waals surface area contributed by atoms with E-state index in [1.807, 2.05) is 0 Å². The molecule has 0 aliphatic heterocycles. The van der Waals surface area contributed by atoms with E-state index in [0.717, 1.165) is 24.4 Å². The molecule has 0 fully saturated rings. The largest absolute Gasteiger partial charge is 0.478 e. The SMILES string of the molecule is CC(C=NC(=O)OC(C)(C)C)C(=O)Nc1ccc(F)cc1C(=O)O. The van der Waals surface area contributed by atoms with Gasteiger partial charge in [-0.3, -0.25) is 4.79 Å². The Morgan fingerprint density at radius 3 is 2.50 bits per heavy atom. The Morgan fingerprint density at radius 2 is 1.96 bits per heavy atom. The van der Waals surface area contributed by atoms with Crippen molar-refractivity contribution in [1.29, 1.82) is 0 Å². The summed E-state index contributed by atoms with van der Waals surface area (Å²) in [4.78, 5) is 38.1. The summed E-state index contributed by atoms with van der Waals surface area (Å²) in [6, 6.07) is 2.98. The van der Waals surface area contributed by atoms with E-state index >= 15 is 0 Å². The molecule has 0 saturated carbocycles. The number of carbonyl (C=O) groups is 3. The van der Waals surface area contributed by atoms with Crippen LogP contribution in [0.3, 0.4) is 0 Å². The molecule has 1 atom stereocenters. The fourth-order valence-corrected chi connectivity index (χ4v) is 1.58. The summed E-state index contributed by atoms with van der Waals surface area (Å²) in [6.45, 7) is 6.50. The number of hydrogen-bond acceptors (Lipinski definition) is 4. The van der Waals surface area contributed by atoms with E-state index < -0.39 is 35.3 Å². The fraction of sp³-hybridized carbons (Fsp3) is 0.375. The fourth-order valence-electron chi connectivity index (χ4n) is 1.58. The third kappa shape index (κ3) is 6.15. The number of nitrogens with one attached hydrogen (secondary N) is 1. The van der Waals surface area contributed by atoms with Gasteiger partial charge in [0, 0.05) is 6.21 Å². The minimum absolute atomic E-state index is 0.0496. The van der Waals surface area contributed by atoms with E-state index in [1.54, 1.807) is 20.8 Å². The number of hydrogen-bond donors (Lipinski definition) is 2. The van der Waals surface area contributed by atoms with Crippen molar-refractivity contribution in [2.24, 2.45) is 10.9 Å². The van der Waals surface area contributed by atoms with Gasteiger partial charge in [-0.15, -0.1) is 0 Å². The van der Waals surface area contributed by atoms with Gasteiger partial charge >= 0.3 is 12.1 Å². The van der Waals surface area contributed by atoms with Crippen molar-refractivity contribution in [2.75, 3.05) is 5.32 Å². The minimum atomic E-state index is -1.38. The molecule has 0 aromatic heterocycles. The number of ether oxygens (including phenoxy) is 1. The minimum Gasteiger partial charge on any atom is -0.478 e. The van der Waals surface area contributed by atoms with Crippen molar-refractivity contribution in [1.82, 2.24) is 0 Å². The first-order valence-electron chi connectivity index (χ1n) is 7.10. The van der Waals surface area contributed by atoms with Crippen LogP contribution in [0.1, 0.15) is 38.1 Å². The molecule has 0 heterocycles. The summed E-state index contributed by atoms with van der Waals surface area (Å²) in [5.74, 6) is -3.54. The maximum atomic E-state index is 13.1. The standard InChI is InChI=1S/C16H19FN2O5/c1-9(8-18-15(23)24-16(2,3)4)13(20)19-12-6-5-10(17)7-11(12)14(21)22/h5-9H,1-4H3,(H,19,20)(H,21,22). The van der Waals surface area contributed by atoms with Gasteiger partial charge < -0.3 is 15.2 Å². The van der Waals surface area contributed by atoms with Crippen LogP contribution in [-0.4, -0.2) is 34.9 Å². The van der Waals surface area contributed by atoms with E-state index in [1.165, 1.54) is 6.92 Å². The van der Waals surface area contributed by atoms with Crippen LogP contribution in [0.25, 0.3) is 0 Å². The first-order chi connectivity index (χ1) is 11.0. The van der Waals surface area contributed by atoms with Crippen LogP contribution in [0.4, 0.5) is 14.9 Å². The Morgan fingerprint density at radius 1 is 1.33 bits per heavy atom. The van der Waals surface area contributed by atoms with Gasteiger partial charge in [-0.05, 0) is 45.9 Å². The molecular weight excluding hydrogens is 319 g/mol. The van der Waals surface area contributed by atoms with Crippen molar-refractivity contribution in [3.05, 3.63) is 29.6 Å². The maximum absolute atomic E-state index is 13.1. The number of aliphatic imine (C=N–C) groups is 1. The van der Waals surface area contributed by atoms with Crippen molar-refractivity contribution in [3.8, 4) is 0 Å². The molecule has 1 aromatic rings. The highest BCUT2D eigenvalue weighted by Gasteiger charge is 2.18. The van der Waals surface area contributed by atoms with Gasteiger partial charge in [-0.1, -0.05) is 0 Å². The first kappa shape index (κ1) is 19.3. The smallest absolute Gasteiger partial charge is 0.433 e. The van der Waals surface area contributed by atoms with Gasteiger partial charge in [-0.2, -0.15) is 4.99 Å². The lowest BCUT2D eigenvalue weighted by Gasteiger charge is -2.17. The number of anilines is 1. The maximum Gasteiger partial charge on any atom is 0.433 e. The second-order valence-corrected chi connectivity index (χ2v) is 6.03. The monoisotopic (exact) mass is 338 g/mol. The first-order valence-corrected chi connectivity index (χ1v) is 7.10. The van der Waals surface area contributed by atoms with E-state index in [9.17, 15) is 18.8 Å². The summed E-state index contributed by atoms with van der Waals surface area (Å²) >= 11 is 0. The number of halogens is 1. The van der Waals surface area contributed by atoms with Crippen LogP contribution in [0.15, 0.2) is 23.2 Å². The summed E-state index contributed by atoms with van der Waals surface area (Å²) < 4.78 is 18.1. The quantitative estimate of drug-likeness (QED) is 0.821. The highest BCUT2D eigenvalue weighted by Crippen LogP contribution is 2.18. The highest BCUT2D eigenvalue weighted by atomic mass is 19.1. The van der Waals surface area contributed by atoms with Gasteiger partial charge in [0.05, 0.1) is 17.2 Å². The Labute approximate surface area is 138 Å². The zero-order chi connectivity index (χ0) is 18.5. The van der Waals surface area contributed by atoms with E-state index in [2.05, 4.69) is 10.3 Å². The predicted molar refractivity (Wildman–Crippen MR) is 85.9 cm³/mol. The number of nitrogens with zero attached hydrogens (tertiary/aromatic N) is 1. The van der Waals surface area contributed by atoms with Gasteiger partial charge in [0.15, 0.2) is 0 Å². The van der Waals surface area contributed by atoms with Crippen LogP contribution in [-0.2, 0) is 9.53 Å². The Kier molecular flexibility index (Phi) is 6.16. The molecule has 0 spiro atoms. The number of rotatable bonds is 4. The molecule has 2 amide bonds. The summed E-state index contributed by atoms with van der Waals surface area (Å²) in [7, 11) is 0. The lowest BCUT2D eigenvalue weighted by molar-refractivity contribution is -0.117. The molecule has 0 aliphatic rings. The zero-order valence-corrected chi connectivity index (χ0v) is 13.8. The lowest BCUT2D eigenvalue weighted by atomic mass is 10.1. The number of benzene rings is 1. The second kappa shape index (κ2) is 7.67. The van der Waals surface area contributed by atoms with E-state index in [4.69, 9.17) is 9.84 Å². The number of carboxylic acids is 1. The van der Waals surface area contributed by atoms with Crippen LogP contribution >= 0.6 is 0 Å². The summed E-state index contributed by atoms with van der Waals surface area (Å²) in [5, 5.41) is 11.4. The molecule has 130 valence electrons. The Hall–Kier alpha value is -2.77. The summed E-state index contributed by atoms with van der Waals surface area (Å²) in [6.07, 6.45) is 0.253. The van der Waals surface area contributed by atoms with Gasteiger partial charge in [0.1, 0.15) is 11.4 Å². The van der Waals surface area contributed by atoms with E-state index in [-0.39, 0.29) is 11.3 Å². The highest BCUT2D eigenvalue weighted by molar-refractivity contribution is 6.06. The van der Waals surface area contributed by atoms with Crippen LogP contribution < -0.4 is 5.32 Å². The normalized spacial score (nSPS) is 12.7. The number of amides is 2. The van der Waals surface area contributed by atoms with Crippen molar-refractivity contribution in [2.45, 2.75) is 33.3 Å². The molecule has 0 radical (unpaired) electrons. The zero-order valence-electron chi connectivity index (χ0n) is 13.8. The third-order valence-corrected chi connectivity index (χ3v) is 2.68. The van der Waals surface area contributed by atoms with E-state index in [0.29, 0.717) is 0 Å². The Bertz CT molecular complexity index is 680. The van der Waals surface area contributed by atoms with Crippen molar-refractivity contribution < 1.29 is 28.6 Å². The van der Waals surface area contributed by atoms with Crippen LogP contribution in [0, 0.1) is 11.7 Å².